The highest BCUT2D eigenvalue weighted by molar-refractivity contribution is 8.04. The molecular weight excluding hydrogens is 376 g/mol. The van der Waals surface area contributed by atoms with E-state index in [-0.39, 0.29) is 16.2 Å². The number of benzene rings is 2. The molecule has 0 heterocycles. The molecule has 132 valence electrons. The Labute approximate surface area is 146 Å². The van der Waals surface area contributed by atoms with Gasteiger partial charge in [-0.3, -0.25) is 8.42 Å². The van der Waals surface area contributed by atoms with E-state index >= 15 is 0 Å². The number of hydrogen-bond acceptors (Lipinski definition) is 2. The van der Waals surface area contributed by atoms with Gasteiger partial charge in [0.2, 0.25) is 0 Å². The van der Waals surface area contributed by atoms with Gasteiger partial charge in [0.15, 0.2) is 0 Å². The van der Waals surface area contributed by atoms with Crippen molar-refractivity contribution in [3.8, 4) is 0 Å². The monoisotopic (exact) mass is 388 g/mol. The Morgan fingerprint density at radius 3 is 1.48 bits per heavy atom. The highest BCUT2D eigenvalue weighted by Gasteiger charge is 2.05. The van der Waals surface area contributed by atoms with E-state index in [0.29, 0.717) is 12.1 Å². The van der Waals surface area contributed by atoms with Crippen LogP contribution in [0.25, 0.3) is 12.2 Å². The van der Waals surface area contributed by atoms with E-state index in [1.54, 1.807) is 0 Å². The van der Waals surface area contributed by atoms with Gasteiger partial charge >= 0.3 is 0 Å². The van der Waals surface area contributed by atoms with Crippen LogP contribution in [0, 0.1) is 23.3 Å². The summed E-state index contributed by atoms with van der Waals surface area (Å²) in [5, 5.41) is 2.00. The van der Waals surface area contributed by atoms with Crippen molar-refractivity contribution >= 4 is 33.8 Å². The summed E-state index contributed by atoms with van der Waals surface area (Å²) in [6.45, 7) is 0. The second kappa shape index (κ2) is 8.87. The third kappa shape index (κ3) is 6.06. The van der Waals surface area contributed by atoms with Crippen LogP contribution in [0.5, 0.6) is 0 Å². The zero-order valence-electron chi connectivity index (χ0n) is 12.6. The minimum absolute atomic E-state index is 0.0458. The molecule has 0 N–H and O–H groups in total. The van der Waals surface area contributed by atoms with E-state index in [9.17, 15) is 26.0 Å². The van der Waals surface area contributed by atoms with Crippen molar-refractivity contribution < 1.29 is 26.0 Å². The maximum absolute atomic E-state index is 13.4. The van der Waals surface area contributed by atoms with Crippen molar-refractivity contribution in [1.82, 2.24) is 0 Å². The first kappa shape index (κ1) is 19.3. The fraction of sp³-hybridized carbons (Fsp3) is 0.0588. The van der Waals surface area contributed by atoms with E-state index < -0.39 is 44.9 Å². The Morgan fingerprint density at radius 2 is 1.12 bits per heavy atom. The molecule has 0 fully saturated rings. The molecule has 2 rings (SSSR count). The minimum Gasteiger partial charge on any atom is -0.254 e. The molecule has 2 atom stereocenters. The van der Waals surface area contributed by atoms with Crippen LogP contribution in [-0.4, -0.2) is 13.5 Å². The number of hydrogen-bond donors (Lipinski definition) is 0. The molecule has 25 heavy (non-hydrogen) atoms. The SMILES string of the molecule is O=S(C=Cc1ccc(F)cc1F)CS(=O)/C=C\c1ccc(F)cc1F. The van der Waals surface area contributed by atoms with Gasteiger partial charge in [0.05, 0.1) is 21.6 Å². The number of rotatable bonds is 6. The van der Waals surface area contributed by atoms with Crippen LogP contribution in [-0.2, 0) is 21.6 Å². The van der Waals surface area contributed by atoms with Gasteiger partial charge in [-0.15, -0.1) is 0 Å². The topological polar surface area (TPSA) is 34.1 Å². The Hall–Kier alpha value is -2.06. The molecule has 2 unspecified atom stereocenters. The molecule has 8 heteroatoms. The highest BCUT2D eigenvalue weighted by Crippen LogP contribution is 2.13. The zero-order chi connectivity index (χ0) is 18.4. The molecule has 0 aliphatic heterocycles. The number of halogens is 4. The van der Waals surface area contributed by atoms with E-state index in [1.807, 2.05) is 0 Å². The molecule has 0 saturated carbocycles. The lowest BCUT2D eigenvalue weighted by molar-refractivity contribution is 0.581. The van der Waals surface area contributed by atoms with Crippen molar-refractivity contribution in [2.45, 2.75) is 0 Å². The standard InChI is InChI=1S/C17H12F4O2S2/c18-14-3-1-12(16(20)9-14)5-7-24(22)11-25(23)8-6-13-2-4-15(19)10-17(13)21/h1-10H,11H2/b7-5-,8-6?. The Morgan fingerprint density at radius 1 is 0.720 bits per heavy atom. The Balaban J connectivity index is 1.96. The van der Waals surface area contributed by atoms with E-state index in [1.165, 1.54) is 24.3 Å². The third-order valence-electron chi connectivity index (χ3n) is 2.96. The summed E-state index contributed by atoms with van der Waals surface area (Å²) in [6, 6.07) is 5.88. The van der Waals surface area contributed by atoms with Gasteiger partial charge in [0.1, 0.15) is 28.4 Å². The van der Waals surface area contributed by atoms with Crippen LogP contribution in [0.15, 0.2) is 47.2 Å². The third-order valence-corrected chi connectivity index (χ3v) is 5.69. The predicted molar refractivity (Wildman–Crippen MR) is 91.9 cm³/mol. The quantitative estimate of drug-likeness (QED) is 0.690. The maximum atomic E-state index is 13.4. The largest absolute Gasteiger partial charge is 0.254 e. The molecule has 0 amide bonds. The smallest absolute Gasteiger partial charge is 0.133 e. The van der Waals surface area contributed by atoms with Crippen molar-refractivity contribution in [3.05, 3.63) is 81.6 Å². The molecule has 0 saturated heterocycles. The summed E-state index contributed by atoms with van der Waals surface area (Å²) in [5.74, 6) is -3.06. The van der Waals surface area contributed by atoms with E-state index in [4.69, 9.17) is 0 Å². The first-order valence-electron chi connectivity index (χ1n) is 6.86. The van der Waals surface area contributed by atoms with Crippen LogP contribution < -0.4 is 0 Å². The zero-order valence-corrected chi connectivity index (χ0v) is 14.3. The van der Waals surface area contributed by atoms with Crippen molar-refractivity contribution in [1.29, 1.82) is 0 Å². The summed E-state index contributed by atoms with van der Waals surface area (Å²) in [6.07, 6.45) is 2.40. The summed E-state index contributed by atoms with van der Waals surface area (Å²) in [7, 11) is -3.35. The van der Waals surface area contributed by atoms with Gasteiger partial charge in [0.25, 0.3) is 0 Å². The lowest BCUT2D eigenvalue weighted by Crippen LogP contribution is -1.99. The van der Waals surface area contributed by atoms with Crippen LogP contribution >= 0.6 is 0 Å². The van der Waals surface area contributed by atoms with Crippen molar-refractivity contribution in [3.63, 3.8) is 0 Å². The first-order chi connectivity index (χ1) is 11.8. The molecular formula is C17H12F4O2S2. The maximum Gasteiger partial charge on any atom is 0.133 e. The normalized spacial score (nSPS) is 14.2. The minimum atomic E-state index is -1.68. The molecule has 2 nitrogen and oxygen atoms in total. The fourth-order valence-electron chi connectivity index (χ4n) is 1.76. The summed E-state index contributed by atoms with van der Waals surface area (Å²) in [5.41, 5.74) is 0.0916. The van der Waals surface area contributed by atoms with Crippen LogP contribution in [0.1, 0.15) is 11.1 Å². The molecule has 0 aliphatic carbocycles. The average molecular weight is 388 g/mol. The van der Waals surface area contributed by atoms with Crippen molar-refractivity contribution in [2.24, 2.45) is 0 Å². The van der Waals surface area contributed by atoms with E-state index in [2.05, 4.69) is 0 Å². The lowest BCUT2D eigenvalue weighted by atomic mass is 10.2. The Bertz CT molecular complexity index is 807. The summed E-state index contributed by atoms with van der Waals surface area (Å²) >= 11 is 0. The first-order valence-corrected chi connectivity index (χ1v) is 9.62. The van der Waals surface area contributed by atoms with Crippen LogP contribution in [0.2, 0.25) is 0 Å². The molecule has 0 spiro atoms. The van der Waals surface area contributed by atoms with Gasteiger partial charge in [-0.2, -0.15) is 0 Å². The molecule has 0 aliphatic rings. The molecule has 0 aromatic heterocycles. The fourth-order valence-corrected chi connectivity index (χ4v) is 3.91. The van der Waals surface area contributed by atoms with Crippen molar-refractivity contribution in [2.75, 3.05) is 5.08 Å². The molecule has 2 aromatic carbocycles. The van der Waals surface area contributed by atoms with Gasteiger partial charge in [-0.05, 0) is 36.4 Å². The summed E-state index contributed by atoms with van der Waals surface area (Å²) in [4.78, 5) is 0. The van der Waals surface area contributed by atoms with Crippen LogP contribution in [0.4, 0.5) is 17.6 Å². The van der Waals surface area contributed by atoms with Gasteiger partial charge in [-0.1, -0.05) is 0 Å². The van der Waals surface area contributed by atoms with Gasteiger partial charge < -0.3 is 0 Å². The van der Waals surface area contributed by atoms with E-state index in [0.717, 1.165) is 22.9 Å². The lowest BCUT2D eigenvalue weighted by Gasteiger charge is -1.98. The second-order valence-electron chi connectivity index (χ2n) is 4.82. The Kier molecular flexibility index (Phi) is 6.83. The average Bonchev–Trinajstić information content (AvgIpc) is 2.53. The van der Waals surface area contributed by atoms with Gasteiger partial charge in [-0.25, -0.2) is 17.6 Å². The molecule has 0 radical (unpaired) electrons. The highest BCUT2D eigenvalue weighted by atomic mass is 32.2. The molecule has 0 bridgehead atoms. The van der Waals surface area contributed by atoms with Gasteiger partial charge in [0, 0.05) is 34.1 Å². The second-order valence-corrected chi connectivity index (χ2v) is 7.83. The predicted octanol–water partition coefficient (Wildman–Crippen LogP) is 4.34. The van der Waals surface area contributed by atoms with Crippen LogP contribution in [0.3, 0.4) is 0 Å². The molecule has 2 aromatic rings. The summed E-state index contributed by atoms with van der Waals surface area (Å²) < 4.78 is 76.0.